The first-order valence-electron chi connectivity index (χ1n) is 5.72. The molecule has 1 aliphatic rings. The van der Waals surface area contributed by atoms with Gasteiger partial charge in [0.15, 0.2) is 0 Å². The quantitative estimate of drug-likeness (QED) is 0.828. The Morgan fingerprint density at radius 2 is 2.31 bits per heavy atom. The van der Waals surface area contributed by atoms with E-state index in [1.165, 1.54) is 12.8 Å². The Hall–Kier alpha value is -0.540. The summed E-state index contributed by atoms with van der Waals surface area (Å²) in [7, 11) is 0. The summed E-state index contributed by atoms with van der Waals surface area (Å²) >= 11 is 7.78. The first-order valence-corrected chi connectivity index (χ1v) is 7.10. The van der Waals surface area contributed by atoms with Gasteiger partial charge >= 0.3 is 0 Å². The first-order chi connectivity index (χ1) is 7.77. The molecule has 88 valence electrons. The highest BCUT2D eigenvalue weighted by atomic mass is 35.5. The zero-order chi connectivity index (χ0) is 11.4. The fourth-order valence-corrected chi connectivity index (χ4v) is 3.12. The van der Waals surface area contributed by atoms with Gasteiger partial charge in [-0.15, -0.1) is 11.6 Å². The monoisotopic (exact) mass is 257 g/mol. The molecular weight excluding hydrogens is 242 g/mol. The van der Waals surface area contributed by atoms with Gasteiger partial charge in [-0.2, -0.15) is 11.3 Å². The van der Waals surface area contributed by atoms with Crippen LogP contribution < -0.4 is 5.32 Å². The summed E-state index contributed by atoms with van der Waals surface area (Å²) in [4.78, 5) is 11.7. The van der Waals surface area contributed by atoms with Crippen molar-refractivity contribution >= 4 is 28.8 Å². The van der Waals surface area contributed by atoms with Crippen LogP contribution in [0.5, 0.6) is 0 Å². The van der Waals surface area contributed by atoms with Crippen molar-refractivity contribution < 1.29 is 4.79 Å². The van der Waals surface area contributed by atoms with Crippen molar-refractivity contribution in [1.82, 2.24) is 5.32 Å². The van der Waals surface area contributed by atoms with E-state index in [2.05, 4.69) is 5.32 Å². The van der Waals surface area contributed by atoms with Crippen molar-refractivity contribution in [1.29, 1.82) is 0 Å². The van der Waals surface area contributed by atoms with Gasteiger partial charge in [0.05, 0.1) is 0 Å². The van der Waals surface area contributed by atoms with Crippen LogP contribution in [0.3, 0.4) is 0 Å². The molecule has 16 heavy (non-hydrogen) atoms. The minimum atomic E-state index is 0.0238. The summed E-state index contributed by atoms with van der Waals surface area (Å²) in [6, 6.07) is 1.85. The molecule has 1 aromatic rings. The number of halogens is 1. The van der Waals surface area contributed by atoms with E-state index in [4.69, 9.17) is 11.6 Å². The van der Waals surface area contributed by atoms with E-state index in [0.29, 0.717) is 12.5 Å². The topological polar surface area (TPSA) is 29.1 Å². The van der Waals surface area contributed by atoms with Crippen molar-refractivity contribution in [3.63, 3.8) is 0 Å². The van der Waals surface area contributed by atoms with Gasteiger partial charge in [-0.25, -0.2) is 0 Å². The number of rotatable bonds is 3. The van der Waals surface area contributed by atoms with Gasteiger partial charge in [0, 0.05) is 22.9 Å². The highest BCUT2D eigenvalue weighted by Crippen LogP contribution is 2.28. The molecule has 0 spiro atoms. The lowest BCUT2D eigenvalue weighted by molar-refractivity contribution is 0.0944. The van der Waals surface area contributed by atoms with E-state index >= 15 is 0 Å². The van der Waals surface area contributed by atoms with Crippen molar-refractivity contribution in [2.24, 2.45) is 5.92 Å². The third-order valence-corrected chi connectivity index (χ3v) is 4.38. The van der Waals surface area contributed by atoms with Gasteiger partial charge in [-0.1, -0.05) is 12.8 Å². The van der Waals surface area contributed by atoms with E-state index in [-0.39, 0.29) is 11.3 Å². The standard InChI is InChI=1S/C12H16ClNOS/c13-11-4-2-1-3-9(11)7-14-12(15)10-5-6-16-8-10/h5-6,8-9,11H,1-4,7H2,(H,14,15). The number of amides is 1. The molecule has 1 saturated carbocycles. The molecule has 0 aliphatic heterocycles. The van der Waals surface area contributed by atoms with E-state index in [9.17, 15) is 4.79 Å². The lowest BCUT2D eigenvalue weighted by Gasteiger charge is -2.26. The number of carbonyl (C=O) groups excluding carboxylic acids is 1. The molecule has 1 aliphatic carbocycles. The van der Waals surface area contributed by atoms with Gasteiger partial charge < -0.3 is 5.32 Å². The van der Waals surface area contributed by atoms with Gasteiger partial charge in [0.1, 0.15) is 0 Å². The maximum Gasteiger partial charge on any atom is 0.252 e. The molecule has 1 heterocycles. The molecule has 4 heteroatoms. The summed E-state index contributed by atoms with van der Waals surface area (Å²) in [6.45, 7) is 0.711. The van der Waals surface area contributed by atoms with Crippen molar-refractivity contribution in [3.05, 3.63) is 22.4 Å². The van der Waals surface area contributed by atoms with Gasteiger partial charge in [-0.05, 0) is 30.2 Å². The molecule has 1 fully saturated rings. The summed E-state index contributed by atoms with van der Waals surface area (Å²) in [5.74, 6) is 0.466. The fourth-order valence-electron chi connectivity index (χ4n) is 2.11. The van der Waals surface area contributed by atoms with Crippen molar-refractivity contribution in [2.45, 2.75) is 31.1 Å². The number of alkyl halides is 1. The average Bonchev–Trinajstić information content (AvgIpc) is 2.81. The van der Waals surface area contributed by atoms with Crippen LogP contribution in [0.4, 0.5) is 0 Å². The van der Waals surface area contributed by atoms with Crippen LogP contribution in [0.1, 0.15) is 36.0 Å². The van der Waals surface area contributed by atoms with Gasteiger partial charge in [0.2, 0.25) is 0 Å². The van der Waals surface area contributed by atoms with E-state index in [1.807, 2.05) is 16.8 Å². The number of hydrogen-bond donors (Lipinski definition) is 1. The Morgan fingerprint density at radius 3 is 3.00 bits per heavy atom. The Kier molecular flexibility index (Phi) is 4.24. The van der Waals surface area contributed by atoms with E-state index < -0.39 is 0 Å². The molecule has 0 aromatic carbocycles. The molecule has 1 aromatic heterocycles. The molecule has 0 radical (unpaired) electrons. The highest BCUT2D eigenvalue weighted by molar-refractivity contribution is 7.08. The van der Waals surface area contributed by atoms with Crippen LogP contribution in [-0.2, 0) is 0 Å². The molecule has 2 rings (SSSR count). The SMILES string of the molecule is O=C(NCC1CCCCC1Cl)c1ccsc1. The Labute approximate surface area is 105 Å². The highest BCUT2D eigenvalue weighted by Gasteiger charge is 2.23. The second-order valence-electron chi connectivity index (χ2n) is 4.28. The molecule has 2 unspecified atom stereocenters. The molecular formula is C12H16ClNOS. The van der Waals surface area contributed by atoms with Gasteiger partial charge in [-0.3, -0.25) is 4.79 Å². The molecule has 2 nitrogen and oxygen atoms in total. The lowest BCUT2D eigenvalue weighted by Crippen LogP contribution is -2.34. The van der Waals surface area contributed by atoms with E-state index in [0.717, 1.165) is 18.4 Å². The fraction of sp³-hybridized carbons (Fsp3) is 0.583. The Balaban J connectivity index is 1.80. The van der Waals surface area contributed by atoms with Crippen LogP contribution in [0.25, 0.3) is 0 Å². The van der Waals surface area contributed by atoms with E-state index in [1.54, 1.807) is 11.3 Å². The minimum absolute atomic E-state index is 0.0238. The van der Waals surface area contributed by atoms with Crippen LogP contribution in [0.15, 0.2) is 16.8 Å². The van der Waals surface area contributed by atoms with Crippen LogP contribution in [0, 0.1) is 5.92 Å². The Morgan fingerprint density at radius 1 is 1.50 bits per heavy atom. The largest absolute Gasteiger partial charge is 0.352 e. The third kappa shape index (κ3) is 2.98. The maximum atomic E-state index is 11.7. The van der Waals surface area contributed by atoms with Crippen molar-refractivity contribution in [2.75, 3.05) is 6.54 Å². The Bertz CT molecular complexity index is 339. The number of nitrogens with one attached hydrogen (secondary N) is 1. The summed E-state index contributed by atoms with van der Waals surface area (Å²) in [6.07, 6.45) is 4.68. The summed E-state index contributed by atoms with van der Waals surface area (Å²) in [5, 5.41) is 6.99. The maximum absolute atomic E-state index is 11.7. The average molecular weight is 258 g/mol. The molecule has 2 atom stereocenters. The second kappa shape index (κ2) is 5.69. The summed E-state index contributed by atoms with van der Waals surface area (Å²) in [5.41, 5.74) is 0.756. The van der Waals surface area contributed by atoms with Gasteiger partial charge in [0.25, 0.3) is 5.91 Å². The normalized spacial score (nSPS) is 25.3. The zero-order valence-corrected chi connectivity index (χ0v) is 10.7. The summed E-state index contributed by atoms with van der Waals surface area (Å²) < 4.78 is 0. The van der Waals surface area contributed by atoms with Crippen LogP contribution in [0.2, 0.25) is 0 Å². The predicted molar refractivity (Wildman–Crippen MR) is 68.3 cm³/mol. The smallest absolute Gasteiger partial charge is 0.252 e. The molecule has 0 saturated heterocycles. The molecule has 1 N–H and O–H groups in total. The zero-order valence-electron chi connectivity index (χ0n) is 9.12. The van der Waals surface area contributed by atoms with Crippen molar-refractivity contribution in [3.8, 4) is 0 Å². The lowest BCUT2D eigenvalue weighted by atomic mass is 9.89. The minimum Gasteiger partial charge on any atom is -0.352 e. The predicted octanol–water partition coefficient (Wildman–Crippen LogP) is 3.28. The molecule has 1 amide bonds. The second-order valence-corrected chi connectivity index (χ2v) is 5.62. The first kappa shape index (κ1) is 11.9. The third-order valence-electron chi connectivity index (χ3n) is 3.12. The number of hydrogen-bond acceptors (Lipinski definition) is 2. The van der Waals surface area contributed by atoms with Crippen LogP contribution >= 0.6 is 22.9 Å². The number of thiophene rings is 1. The molecule has 0 bridgehead atoms. The van der Waals surface area contributed by atoms with Crippen LogP contribution in [-0.4, -0.2) is 17.8 Å². The number of carbonyl (C=O) groups is 1.